The molecule has 0 unspecified atom stereocenters. The van der Waals surface area contributed by atoms with Gasteiger partial charge in [0.25, 0.3) is 5.91 Å². The number of H-pyrrole nitrogens is 1. The van der Waals surface area contributed by atoms with E-state index in [1.54, 1.807) is 29.0 Å². The van der Waals surface area contributed by atoms with Gasteiger partial charge in [0.05, 0.1) is 18.5 Å². The standard InChI is InChI=1S/C21H20N6O3/c28-20(17-13-16(23-24-17)14-5-2-1-3-6-14)22-10-11-26-21(29)27(15-8-9-15)19(25-26)18-7-4-12-30-18/h1-7,12-13,15H,8-11H2,(H,22,28)(H,23,24). The summed E-state index contributed by atoms with van der Waals surface area (Å²) < 4.78 is 8.49. The van der Waals surface area contributed by atoms with E-state index in [1.165, 1.54) is 4.68 Å². The summed E-state index contributed by atoms with van der Waals surface area (Å²) in [6.07, 6.45) is 3.48. The summed E-state index contributed by atoms with van der Waals surface area (Å²) in [5, 5.41) is 14.2. The average Bonchev–Trinajstić information content (AvgIpc) is 3.18. The maximum atomic E-state index is 12.8. The third kappa shape index (κ3) is 3.45. The van der Waals surface area contributed by atoms with Gasteiger partial charge in [0, 0.05) is 18.2 Å². The van der Waals surface area contributed by atoms with E-state index in [0.29, 0.717) is 23.0 Å². The molecule has 30 heavy (non-hydrogen) atoms. The first kappa shape index (κ1) is 18.2. The number of nitrogens with zero attached hydrogens (tertiary/aromatic N) is 4. The lowest BCUT2D eigenvalue weighted by Crippen LogP contribution is -2.32. The number of furan rings is 1. The summed E-state index contributed by atoms with van der Waals surface area (Å²) >= 11 is 0. The fourth-order valence-electron chi connectivity index (χ4n) is 3.37. The Morgan fingerprint density at radius 2 is 2.03 bits per heavy atom. The first-order valence-electron chi connectivity index (χ1n) is 9.83. The fourth-order valence-corrected chi connectivity index (χ4v) is 3.37. The molecule has 0 radical (unpaired) electrons. The molecule has 0 atom stereocenters. The van der Waals surface area contributed by atoms with Crippen LogP contribution in [-0.2, 0) is 6.54 Å². The molecule has 1 aliphatic carbocycles. The molecular weight excluding hydrogens is 384 g/mol. The van der Waals surface area contributed by atoms with Crippen LogP contribution in [0.4, 0.5) is 0 Å². The van der Waals surface area contributed by atoms with Gasteiger partial charge in [-0.05, 0) is 31.0 Å². The van der Waals surface area contributed by atoms with Crippen molar-refractivity contribution in [1.82, 2.24) is 29.9 Å². The Bertz CT molecular complexity index is 1220. The predicted molar refractivity (Wildman–Crippen MR) is 109 cm³/mol. The minimum absolute atomic E-state index is 0.169. The van der Waals surface area contributed by atoms with Gasteiger partial charge in [0.15, 0.2) is 5.76 Å². The van der Waals surface area contributed by atoms with Crippen molar-refractivity contribution in [1.29, 1.82) is 0 Å². The highest BCUT2D eigenvalue weighted by atomic mass is 16.3. The molecule has 9 nitrogen and oxygen atoms in total. The number of amides is 1. The zero-order valence-corrected chi connectivity index (χ0v) is 16.1. The molecule has 1 amide bonds. The second-order valence-corrected chi connectivity index (χ2v) is 7.20. The number of hydrogen-bond acceptors (Lipinski definition) is 5. The summed E-state index contributed by atoms with van der Waals surface area (Å²) in [7, 11) is 0. The normalized spacial score (nSPS) is 13.5. The highest BCUT2D eigenvalue weighted by molar-refractivity contribution is 5.93. The number of carbonyl (C=O) groups excluding carboxylic acids is 1. The molecule has 0 bridgehead atoms. The average molecular weight is 404 g/mol. The van der Waals surface area contributed by atoms with Crippen molar-refractivity contribution >= 4 is 5.91 Å². The van der Waals surface area contributed by atoms with Crippen molar-refractivity contribution in [3.05, 3.63) is 71.0 Å². The lowest BCUT2D eigenvalue weighted by atomic mass is 10.1. The van der Waals surface area contributed by atoms with Gasteiger partial charge in [0.2, 0.25) is 5.82 Å². The lowest BCUT2D eigenvalue weighted by Gasteiger charge is -2.02. The number of aromatic nitrogens is 5. The van der Waals surface area contributed by atoms with Crippen LogP contribution in [0.2, 0.25) is 0 Å². The number of benzene rings is 1. The van der Waals surface area contributed by atoms with E-state index in [4.69, 9.17) is 4.42 Å². The number of hydrogen-bond donors (Lipinski definition) is 2. The van der Waals surface area contributed by atoms with Gasteiger partial charge >= 0.3 is 5.69 Å². The van der Waals surface area contributed by atoms with Gasteiger partial charge in [0.1, 0.15) is 5.69 Å². The molecule has 3 heterocycles. The van der Waals surface area contributed by atoms with Crippen LogP contribution in [-0.4, -0.2) is 37.0 Å². The summed E-state index contributed by atoms with van der Waals surface area (Å²) in [6, 6.07) is 15.0. The smallest absolute Gasteiger partial charge is 0.346 e. The monoisotopic (exact) mass is 404 g/mol. The SMILES string of the molecule is O=C(NCCn1nc(-c2ccco2)n(C2CC2)c1=O)c1cc(-c2ccccc2)n[nH]1. The Hall–Kier alpha value is -3.88. The van der Waals surface area contributed by atoms with Gasteiger partial charge in [-0.3, -0.25) is 14.5 Å². The van der Waals surface area contributed by atoms with E-state index in [0.717, 1.165) is 18.4 Å². The summed E-state index contributed by atoms with van der Waals surface area (Å²) in [4.78, 5) is 25.2. The van der Waals surface area contributed by atoms with Crippen molar-refractivity contribution in [3.63, 3.8) is 0 Å². The van der Waals surface area contributed by atoms with Crippen LogP contribution in [0.15, 0.2) is 64.0 Å². The molecule has 4 aromatic rings. The Morgan fingerprint density at radius 1 is 1.20 bits per heavy atom. The Balaban J connectivity index is 1.26. The van der Waals surface area contributed by atoms with E-state index < -0.39 is 0 Å². The second kappa shape index (κ2) is 7.51. The van der Waals surface area contributed by atoms with E-state index >= 15 is 0 Å². The molecule has 3 aromatic heterocycles. The molecule has 1 fully saturated rings. The maximum Gasteiger partial charge on any atom is 0.346 e. The zero-order valence-electron chi connectivity index (χ0n) is 16.1. The van der Waals surface area contributed by atoms with E-state index in [9.17, 15) is 9.59 Å². The van der Waals surface area contributed by atoms with Gasteiger partial charge in [-0.15, -0.1) is 5.10 Å². The van der Waals surface area contributed by atoms with Crippen LogP contribution in [0.1, 0.15) is 29.4 Å². The molecule has 2 N–H and O–H groups in total. The lowest BCUT2D eigenvalue weighted by molar-refractivity contribution is 0.0946. The van der Waals surface area contributed by atoms with Crippen LogP contribution >= 0.6 is 0 Å². The molecule has 0 spiro atoms. The molecule has 5 rings (SSSR count). The van der Waals surface area contributed by atoms with Crippen molar-refractivity contribution in [2.24, 2.45) is 0 Å². The molecular formula is C21H20N6O3. The predicted octanol–water partition coefficient (Wildman–Crippen LogP) is 2.46. The Kier molecular flexibility index (Phi) is 4.55. The number of carbonyl (C=O) groups is 1. The van der Waals surface area contributed by atoms with Crippen molar-refractivity contribution in [3.8, 4) is 22.8 Å². The molecule has 1 saturated carbocycles. The summed E-state index contributed by atoms with van der Waals surface area (Å²) in [5.74, 6) is 0.804. The molecule has 1 aromatic carbocycles. The fraction of sp³-hybridized carbons (Fsp3) is 0.238. The van der Waals surface area contributed by atoms with Gasteiger partial charge in [-0.1, -0.05) is 30.3 Å². The van der Waals surface area contributed by atoms with Crippen LogP contribution in [0.5, 0.6) is 0 Å². The highest BCUT2D eigenvalue weighted by Gasteiger charge is 2.31. The zero-order chi connectivity index (χ0) is 20.5. The first-order chi connectivity index (χ1) is 14.7. The number of nitrogens with one attached hydrogen (secondary N) is 2. The highest BCUT2D eigenvalue weighted by Crippen LogP contribution is 2.36. The minimum Gasteiger partial charge on any atom is -0.461 e. The topological polar surface area (TPSA) is 111 Å². The van der Waals surface area contributed by atoms with Crippen molar-refractivity contribution in [2.75, 3.05) is 6.54 Å². The summed E-state index contributed by atoms with van der Waals surface area (Å²) in [6.45, 7) is 0.523. The molecule has 0 aliphatic heterocycles. The Morgan fingerprint density at radius 3 is 2.77 bits per heavy atom. The second-order valence-electron chi connectivity index (χ2n) is 7.20. The van der Waals surface area contributed by atoms with Gasteiger partial charge < -0.3 is 9.73 Å². The van der Waals surface area contributed by atoms with Crippen LogP contribution in [0.25, 0.3) is 22.8 Å². The minimum atomic E-state index is -0.286. The van der Waals surface area contributed by atoms with Crippen LogP contribution < -0.4 is 11.0 Å². The van der Waals surface area contributed by atoms with E-state index in [2.05, 4.69) is 20.6 Å². The van der Waals surface area contributed by atoms with Crippen molar-refractivity contribution in [2.45, 2.75) is 25.4 Å². The van der Waals surface area contributed by atoms with Crippen LogP contribution in [0.3, 0.4) is 0 Å². The number of aromatic amines is 1. The third-order valence-electron chi connectivity index (χ3n) is 5.03. The summed E-state index contributed by atoms with van der Waals surface area (Å²) in [5.41, 5.74) is 1.80. The van der Waals surface area contributed by atoms with Crippen LogP contribution in [0, 0.1) is 0 Å². The molecule has 1 aliphatic rings. The van der Waals surface area contributed by atoms with Gasteiger partial charge in [-0.2, -0.15) is 5.10 Å². The molecule has 152 valence electrons. The molecule has 0 saturated heterocycles. The number of rotatable bonds is 7. The quantitative estimate of drug-likeness (QED) is 0.492. The van der Waals surface area contributed by atoms with Gasteiger partial charge in [-0.25, -0.2) is 9.48 Å². The van der Waals surface area contributed by atoms with E-state index in [1.807, 2.05) is 30.3 Å². The third-order valence-corrected chi connectivity index (χ3v) is 5.03. The Labute approximate surface area is 171 Å². The maximum absolute atomic E-state index is 12.8. The molecule has 9 heteroatoms. The first-order valence-corrected chi connectivity index (χ1v) is 9.83. The largest absolute Gasteiger partial charge is 0.461 e. The van der Waals surface area contributed by atoms with E-state index in [-0.39, 0.29) is 30.7 Å². The van der Waals surface area contributed by atoms with Crippen molar-refractivity contribution < 1.29 is 9.21 Å².